The van der Waals surface area contributed by atoms with Crippen LogP contribution in [0.5, 0.6) is 5.75 Å². The van der Waals surface area contributed by atoms with Crippen LogP contribution in [0, 0.1) is 6.92 Å². The highest BCUT2D eigenvalue weighted by Gasteiger charge is 2.28. The van der Waals surface area contributed by atoms with Crippen LogP contribution in [0.4, 0.5) is 0 Å². The van der Waals surface area contributed by atoms with Gasteiger partial charge in [0.15, 0.2) is 11.4 Å². The van der Waals surface area contributed by atoms with Gasteiger partial charge in [-0.15, -0.1) is 0 Å². The lowest BCUT2D eigenvalue weighted by molar-refractivity contribution is 0.0596. The summed E-state index contributed by atoms with van der Waals surface area (Å²) in [4.78, 5) is 32.9. The maximum Gasteiger partial charge on any atom is 0.357 e. The van der Waals surface area contributed by atoms with Gasteiger partial charge in [-0.25, -0.2) is 9.78 Å². The summed E-state index contributed by atoms with van der Waals surface area (Å²) in [5.41, 5.74) is 0.291. The zero-order valence-electron chi connectivity index (χ0n) is 16.5. The van der Waals surface area contributed by atoms with Crippen molar-refractivity contribution in [2.45, 2.75) is 18.7 Å². The predicted molar refractivity (Wildman–Crippen MR) is 108 cm³/mol. The summed E-state index contributed by atoms with van der Waals surface area (Å²) in [6.45, 7) is 3.75. The van der Waals surface area contributed by atoms with Crippen LogP contribution in [0.25, 0.3) is 10.9 Å². The number of rotatable bonds is 6. The van der Waals surface area contributed by atoms with Crippen molar-refractivity contribution in [1.29, 1.82) is 0 Å². The van der Waals surface area contributed by atoms with Crippen molar-refractivity contribution in [3.63, 3.8) is 0 Å². The molecule has 0 aliphatic heterocycles. The number of hydrogen-bond donors (Lipinski definition) is 1. The monoisotopic (exact) mass is 429 g/mol. The topological polar surface area (TPSA) is 125 Å². The maximum absolute atomic E-state index is 12.9. The lowest BCUT2D eigenvalue weighted by Crippen LogP contribution is -2.26. The van der Waals surface area contributed by atoms with E-state index in [-0.39, 0.29) is 39.5 Å². The second kappa shape index (κ2) is 8.46. The van der Waals surface area contributed by atoms with Crippen LogP contribution >= 0.6 is 0 Å². The molecule has 3 aromatic rings. The standard InChI is InChI=1S/C20H19N3O6S/c1-4-21-19(24)17-18(29-30(26,27)13-9-7-12(2)8-10-13)15-14(6-5-11-22-15)16(23-17)20(25)28-3/h5-11H,4H2,1-3H3,(H,21,24). The quantitative estimate of drug-likeness (QED) is 0.467. The number of hydrogen-bond acceptors (Lipinski definition) is 8. The van der Waals surface area contributed by atoms with Crippen LogP contribution in [0.1, 0.15) is 33.5 Å². The number of nitrogens with zero attached hydrogens (tertiary/aromatic N) is 2. The molecular weight excluding hydrogens is 410 g/mol. The van der Waals surface area contributed by atoms with Crippen molar-refractivity contribution >= 4 is 32.9 Å². The summed E-state index contributed by atoms with van der Waals surface area (Å²) in [6.07, 6.45) is 1.39. The van der Waals surface area contributed by atoms with Crippen molar-refractivity contribution in [3.05, 3.63) is 59.5 Å². The van der Waals surface area contributed by atoms with Gasteiger partial charge in [-0.05, 0) is 38.1 Å². The molecule has 0 bridgehead atoms. The average molecular weight is 429 g/mol. The SMILES string of the molecule is CCNC(=O)c1nc(C(=O)OC)c2cccnc2c1OS(=O)(=O)c1ccc(C)cc1. The van der Waals surface area contributed by atoms with E-state index in [9.17, 15) is 18.0 Å². The van der Waals surface area contributed by atoms with Gasteiger partial charge in [0.05, 0.1) is 7.11 Å². The highest BCUT2D eigenvalue weighted by Crippen LogP contribution is 2.32. The van der Waals surface area contributed by atoms with E-state index in [0.717, 1.165) is 5.56 Å². The van der Waals surface area contributed by atoms with Crippen molar-refractivity contribution in [2.24, 2.45) is 0 Å². The zero-order chi connectivity index (χ0) is 21.9. The largest absolute Gasteiger partial charge is 0.464 e. The number of aromatic nitrogens is 2. The Bertz CT molecular complexity index is 1220. The fourth-order valence-corrected chi connectivity index (χ4v) is 3.65. The Morgan fingerprint density at radius 2 is 1.80 bits per heavy atom. The Labute approximate surface area is 173 Å². The number of aryl methyl sites for hydroxylation is 1. The summed E-state index contributed by atoms with van der Waals surface area (Å²) in [5.74, 6) is -1.89. The highest BCUT2D eigenvalue weighted by molar-refractivity contribution is 7.87. The zero-order valence-corrected chi connectivity index (χ0v) is 17.3. The predicted octanol–water partition coefficient (Wildman–Crippen LogP) is 2.24. The van der Waals surface area contributed by atoms with Crippen molar-refractivity contribution in [2.75, 3.05) is 13.7 Å². The summed E-state index contributed by atoms with van der Waals surface area (Å²) in [7, 11) is -3.14. The minimum absolute atomic E-state index is 0.00941. The van der Waals surface area contributed by atoms with Crippen LogP contribution in [0.15, 0.2) is 47.5 Å². The minimum atomic E-state index is -4.31. The number of fused-ring (bicyclic) bond motifs is 1. The number of benzene rings is 1. The normalized spacial score (nSPS) is 11.2. The Morgan fingerprint density at radius 1 is 1.10 bits per heavy atom. The Morgan fingerprint density at radius 3 is 2.43 bits per heavy atom. The third-order valence-electron chi connectivity index (χ3n) is 4.15. The molecule has 0 saturated carbocycles. The molecule has 0 fully saturated rings. The van der Waals surface area contributed by atoms with Crippen molar-refractivity contribution in [1.82, 2.24) is 15.3 Å². The van der Waals surface area contributed by atoms with Crippen LogP contribution in [-0.2, 0) is 14.9 Å². The van der Waals surface area contributed by atoms with Crippen LogP contribution in [-0.4, -0.2) is 43.9 Å². The molecule has 30 heavy (non-hydrogen) atoms. The minimum Gasteiger partial charge on any atom is -0.464 e. The fourth-order valence-electron chi connectivity index (χ4n) is 2.70. The highest BCUT2D eigenvalue weighted by atomic mass is 32.2. The van der Waals surface area contributed by atoms with Gasteiger partial charge in [-0.2, -0.15) is 8.42 Å². The molecule has 0 spiro atoms. The molecule has 0 radical (unpaired) electrons. The molecular formula is C20H19N3O6S. The second-order valence-electron chi connectivity index (χ2n) is 6.24. The summed E-state index contributed by atoms with van der Waals surface area (Å²) >= 11 is 0. The van der Waals surface area contributed by atoms with E-state index in [1.807, 2.05) is 6.92 Å². The molecule has 1 aromatic carbocycles. The Balaban J connectivity index is 2.26. The number of methoxy groups -OCH3 is 1. The van der Waals surface area contributed by atoms with E-state index < -0.39 is 22.0 Å². The molecule has 156 valence electrons. The van der Waals surface area contributed by atoms with E-state index in [4.69, 9.17) is 8.92 Å². The van der Waals surface area contributed by atoms with E-state index in [2.05, 4.69) is 15.3 Å². The van der Waals surface area contributed by atoms with E-state index in [1.54, 1.807) is 25.1 Å². The number of ether oxygens (including phenoxy) is 1. The molecule has 0 saturated heterocycles. The first-order valence-corrected chi connectivity index (χ1v) is 10.4. The molecule has 0 aliphatic rings. The first kappa shape index (κ1) is 21.2. The average Bonchev–Trinajstić information content (AvgIpc) is 2.73. The van der Waals surface area contributed by atoms with Gasteiger partial charge in [0, 0.05) is 18.1 Å². The third-order valence-corrected chi connectivity index (χ3v) is 5.39. The van der Waals surface area contributed by atoms with E-state index in [0.29, 0.717) is 0 Å². The molecule has 3 rings (SSSR count). The van der Waals surface area contributed by atoms with Crippen LogP contribution in [0.3, 0.4) is 0 Å². The van der Waals surface area contributed by atoms with Gasteiger partial charge in [0.25, 0.3) is 5.91 Å². The number of amides is 1. The van der Waals surface area contributed by atoms with E-state index in [1.165, 1.54) is 31.5 Å². The van der Waals surface area contributed by atoms with Gasteiger partial charge in [0.1, 0.15) is 10.4 Å². The van der Waals surface area contributed by atoms with Gasteiger partial charge < -0.3 is 14.2 Å². The third kappa shape index (κ3) is 4.08. The summed E-state index contributed by atoms with van der Waals surface area (Å²) in [5, 5.41) is 2.71. The molecule has 2 heterocycles. The van der Waals surface area contributed by atoms with E-state index >= 15 is 0 Å². The van der Waals surface area contributed by atoms with Crippen molar-refractivity contribution < 1.29 is 26.9 Å². The van der Waals surface area contributed by atoms with Gasteiger partial charge in [-0.3, -0.25) is 9.78 Å². The lowest BCUT2D eigenvalue weighted by Gasteiger charge is -2.14. The summed E-state index contributed by atoms with van der Waals surface area (Å²) in [6, 6.07) is 9.07. The lowest BCUT2D eigenvalue weighted by atomic mass is 10.1. The summed E-state index contributed by atoms with van der Waals surface area (Å²) < 4.78 is 35.8. The second-order valence-corrected chi connectivity index (χ2v) is 7.79. The number of carbonyl (C=O) groups is 2. The molecule has 0 atom stereocenters. The molecule has 2 aromatic heterocycles. The number of carbonyl (C=O) groups excluding carboxylic acids is 2. The molecule has 0 unspecified atom stereocenters. The molecule has 9 nitrogen and oxygen atoms in total. The van der Waals surface area contributed by atoms with Gasteiger partial charge in [0.2, 0.25) is 5.75 Å². The van der Waals surface area contributed by atoms with Crippen LogP contribution < -0.4 is 9.50 Å². The smallest absolute Gasteiger partial charge is 0.357 e. The van der Waals surface area contributed by atoms with Crippen LogP contribution in [0.2, 0.25) is 0 Å². The van der Waals surface area contributed by atoms with Gasteiger partial charge in [-0.1, -0.05) is 17.7 Å². The van der Waals surface area contributed by atoms with Crippen molar-refractivity contribution in [3.8, 4) is 5.75 Å². The Hall–Kier alpha value is -3.53. The number of esters is 1. The first-order chi connectivity index (χ1) is 14.3. The number of pyridine rings is 2. The number of nitrogens with one attached hydrogen (secondary N) is 1. The first-order valence-electron chi connectivity index (χ1n) is 8.95. The molecule has 1 amide bonds. The molecule has 1 N–H and O–H groups in total. The fraction of sp³-hybridized carbons (Fsp3) is 0.200. The van der Waals surface area contributed by atoms with Gasteiger partial charge >= 0.3 is 16.1 Å². The molecule has 10 heteroatoms. The Kier molecular flexibility index (Phi) is 5.97. The molecule has 0 aliphatic carbocycles. The maximum atomic E-state index is 12.9.